The van der Waals surface area contributed by atoms with Gasteiger partial charge in [0.25, 0.3) is 0 Å². The van der Waals surface area contributed by atoms with Gasteiger partial charge in [-0.1, -0.05) is 12.1 Å². The zero-order valence-electron chi connectivity index (χ0n) is 22.4. The number of benzene rings is 1. The van der Waals surface area contributed by atoms with Crippen molar-refractivity contribution in [3.05, 3.63) is 72.6 Å². The zero-order chi connectivity index (χ0) is 27.9. The highest BCUT2D eigenvalue weighted by atomic mass is 32.2. The zero-order valence-corrected chi connectivity index (χ0v) is 23.3. The quantitative estimate of drug-likeness (QED) is 0.355. The highest BCUT2D eigenvalue weighted by Gasteiger charge is 2.36. The Kier molecular flexibility index (Phi) is 6.97. The van der Waals surface area contributed by atoms with Crippen LogP contribution in [-0.4, -0.2) is 59.8 Å². The SMILES string of the molecule is C[C@@H]1CN(c2cccc(-c3ccc4cnc(CC(=O)Nc5cccc(S(=O)(=O)C6CC6)c5)cc4n3)n2)C[C@H](C)O1. The van der Waals surface area contributed by atoms with Gasteiger partial charge in [-0.05, 0) is 75.2 Å². The Morgan fingerprint density at radius 2 is 1.73 bits per heavy atom. The number of carbonyl (C=O) groups is 1. The van der Waals surface area contributed by atoms with Crippen LogP contribution in [0.3, 0.4) is 0 Å². The Morgan fingerprint density at radius 1 is 0.975 bits per heavy atom. The molecule has 10 heteroatoms. The van der Waals surface area contributed by atoms with Crippen molar-refractivity contribution in [3.63, 3.8) is 0 Å². The lowest BCUT2D eigenvalue weighted by Crippen LogP contribution is -2.45. The van der Waals surface area contributed by atoms with Crippen molar-refractivity contribution < 1.29 is 17.9 Å². The number of carbonyl (C=O) groups excluding carboxylic acids is 1. The lowest BCUT2D eigenvalue weighted by atomic mass is 10.1. The Morgan fingerprint density at radius 3 is 2.50 bits per heavy atom. The maximum atomic E-state index is 12.8. The van der Waals surface area contributed by atoms with Gasteiger partial charge in [0.1, 0.15) is 5.82 Å². The maximum Gasteiger partial charge on any atom is 0.230 e. The van der Waals surface area contributed by atoms with E-state index in [1.807, 2.05) is 36.4 Å². The summed E-state index contributed by atoms with van der Waals surface area (Å²) < 4.78 is 31.0. The summed E-state index contributed by atoms with van der Waals surface area (Å²) in [4.78, 5) is 29.4. The van der Waals surface area contributed by atoms with E-state index < -0.39 is 9.84 Å². The number of ether oxygens (including phenoxy) is 1. The topological polar surface area (TPSA) is 114 Å². The first-order valence-corrected chi connectivity index (χ1v) is 15.1. The van der Waals surface area contributed by atoms with Crippen molar-refractivity contribution in [2.24, 2.45) is 0 Å². The standard InChI is InChI=1S/C30H31N5O4S/c1-19-17-35(18-20(2)39-19)29-8-4-7-26(34-29)27-12-9-21-16-31-23(14-28(21)33-27)15-30(36)32-22-5-3-6-25(13-22)40(37,38)24-10-11-24/h3-9,12-14,16,19-20,24H,10-11,15,17-18H2,1-2H3,(H,32,36)/t19-,20+. The van der Waals surface area contributed by atoms with Crippen LogP contribution in [-0.2, 0) is 25.8 Å². The normalized spacial score (nSPS) is 19.5. The van der Waals surface area contributed by atoms with Crippen LogP contribution in [0.15, 0.2) is 71.8 Å². The van der Waals surface area contributed by atoms with Crippen LogP contribution in [0.2, 0.25) is 0 Å². The molecule has 1 amide bonds. The van der Waals surface area contributed by atoms with Crippen LogP contribution in [0.4, 0.5) is 11.5 Å². The lowest BCUT2D eigenvalue weighted by Gasteiger charge is -2.36. The molecule has 1 saturated carbocycles. The molecular weight excluding hydrogens is 526 g/mol. The number of anilines is 2. The van der Waals surface area contributed by atoms with Crippen molar-refractivity contribution in [2.75, 3.05) is 23.3 Å². The molecule has 206 valence electrons. The molecule has 40 heavy (non-hydrogen) atoms. The van der Waals surface area contributed by atoms with Crippen LogP contribution in [0.5, 0.6) is 0 Å². The van der Waals surface area contributed by atoms with Gasteiger partial charge in [-0.15, -0.1) is 0 Å². The van der Waals surface area contributed by atoms with E-state index in [9.17, 15) is 13.2 Å². The Balaban J connectivity index is 1.19. The molecule has 1 saturated heterocycles. The van der Waals surface area contributed by atoms with Crippen LogP contribution in [0, 0.1) is 0 Å². The van der Waals surface area contributed by atoms with E-state index in [-0.39, 0.29) is 34.7 Å². The molecule has 1 N–H and O–H groups in total. The molecule has 0 unspecified atom stereocenters. The van der Waals surface area contributed by atoms with E-state index in [0.29, 0.717) is 29.7 Å². The Hall–Kier alpha value is -3.89. The molecule has 0 radical (unpaired) electrons. The van der Waals surface area contributed by atoms with Gasteiger partial charge in [0, 0.05) is 30.4 Å². The number of rotatable bonds is 7. The lowest BCUT2D eigenvalue weighted by molar-refractivity contribution is -0.115. The van der Waals surface area contributed by atoms with Gasteiger partial charge in [-0.3, -0.25) is 9.78 Å². The fourth-order valence-electron chi connectivity index (χ4n) is 5.10. The van der Waals surface area contributed by atoms with Gasteiger partial charge in [-0.2, -0.15) is 0 Å². The van der Waals surface area contributed by atoms with Crippen LogP contribution in [0.1, 0.15) is 32.4 Å². The minimum atomic E-state index is -3.33. The monoisotopic (exact) mass is 557 g/mol. The van der Waals surface area contributed by atoms with E-state index in [2.05, 4.69) is 29.0 Å². The van der Waals surface area contributed by atoms with Gasteiger partial charge in [0.05, 0.1) is 51.4 Å². The molecule has 1 aliphatic carbocycles. The van der Waals surface area contributed by atoms with E-state index in [1.165, 1.54) is 6.07 Å². The number of hydrogen-bond donors (Lipinski definition) is 1. The fourth-order valence-corrected chi connectivity index (χ4v) is 6.80. The maximum absolute atomic E-state index is 12.8. The fraction of sp³-hybridized carbons (Fsp3) is 0.333. The summed E-state index contributed by atoms with van der Waals surface area (Å²) in [6, 6.07) is 18.0. The second kappa shape index (κ2) is 10.6. The van der Waals surface area contributed by atoms with Gasteiger partial charge < -0.3 is 15.0 Å². The first-order chi connectivity index (χ1) is 19.2. The number of aromatic nitrogens is 3. The molecule has 9 nitrogen and oxygen atoms in total. The van der Waals surface area contributed by atoms with E-state index in [0.717, 1.165) is 35.7 Å². The van der Waals surface area contributed by atoms with Crippen LogP contribution < -0.4 is 10.2 Å². The molecule has 0 spiro atoms. The number of hydrogen-bond acceptors (Lipinski definition) is 8. The largest absolute Gasteiger partial charge is 0.372 e. The van der Waals surface area contributed by atoms with E-state index in [1.54, 1.807) is 24.4 Å². The summed E-state index contributed by atoms with van der Waals surface area (Å²) in [6.45, 7) is 5.70. The second-order valence-corrected chi connectivity index (χ2v) is 12.8. The third-order valence-electron chi connectivity index (χ3n) is 7.12. The van der Waals surface area contributed by atoms with Crippen molar-refractivity contribution in [2.45, 2.75) is 55.5 Å². The minimum absolute atomic E-state index is 0.0303. The number of nitrogens with zero attached hydrogens (tertiary/aromatic N) is 4. The third-order valence-corrected chi connectivity index (χ3v) is 9.38. The molecule has 1 aromatic carbocycles. The summed E-state index contributed by atoms with van der Waals surface area (Å²) in [7, 11) is -3.33. The smallest absolute Gasteiger partial charge is 0.230 e. The van der Waals surface area contributed by atoms with Crippen LogP contribution in [0.25, 0.3) is 22.3 Å². The average Bonchev–Trinajstić information content (AvgIpc) is 3.79. The average molecular weight is 558 g/mol. The van der Waals surface area contributed by atoms with E-state index >= 15 is 0 Å². The first-order valence-electron chi connectivity index (χ1n) is 13.5. The highest BCUT2D eigenvalue weighted by molar-refractivity contribution is 7.92. The number of morpholine rings is 1. The molecule has 2 aliphatic rings. The molecule has 3 aromatic heterocycles. The minimum Gasteiger partial charge on any atom is -0.372 e. The molecule has 4 heterocycles. The number of pyridine rings is 3. The number of amides is 1. The second-order valence-electron chi connectivity index (χ2n) is 10.6. The van der Waals surface area contributed by atoms with Crippen molar-refractivity contribution in [1.29, 1.82) is 0 Å². The van der Waals surface area contributed by atoms with Gasteiger partial charge in [0.15, 0.2) is 9.84 Å². The summed E-state index contributed by atoms with van der Waals surface area (Å²) in [5.74, 6) is 0.606. The van der Waals surface area contributed by atoms with Gasteiger partial charge in [0.2, 0.25) is 5.91 Å². The number of nitrogens with one attached hydrogen (secondary N) is 1. The van der Waals surface area contributed by atoms with Crippen LogP contribution >= 0.6 is 0 Å². The van der Waals surface area contributed by atoms with Crippen molar-refractivity contribution in [1.82, 2.24) is 15.0 Å². The molecule has 2 atom stereocenters. The summed E-state index contributed by atoms with van der Waals surface area (Å²) in [5.41, 5.74) is 3.23. The molecule has 0 bridgehead atoms. The summed E-state index contributed by atoms with van der Waals surface area (Å²) in [5, 5.41) is 3.36. The number of fused-ring (bicyclic) bond motifs is 1. The molecule has 4 aromatic rings. The predicted molar refractivity (Wildman–Crippen MR) is 154 cm³/mol. The molecule has 1 aliphatic heterocycles. The van der Waals surface area contributed by atoms with Gasteiger partial charge >= 0.3 is 0 Å². The first kappa shape index (κ1) is 26.3. The van der Waals surface area contributed by atoms with E-state index in [4.69, 9.17) is 14.7 Å². The van der Waals surface area contributed by atoms with Gasteiger partial charge in [-0.25, -0.2) is 18.4 Å². The van der Waals surface area contributed by atoms with Crippen molar-refractivity contribution in [3.8, 4) is 11.4 Å². The summed E-state index contributed by atoms with van der Waals surface area (Å²) >= 11 is 0. The number of sulfone groups is 1. The molecular formula is C30H31N5O4S. The predicted octanol–water partition coefficient (Wildman–Crippen LogP) is 4.42. The summed E-state index contributed by atoms with van der Waals surface area (Å²) in [6.07, 6.45) is 3.39. The Labute approximate surface area is 233 Å². The molecule has 2 fully saturated rings. The Bertz CT molecular complexity index is 1680. The highest BCUT2D eigenvalue weighted by Crippen LogP contribution is 2.34. The molecule has 6 rings (SSSR count). The third kappa shape index (κ3) is 5.68. The van der Waals surface area contributed by atoms with Crippen molar-refractivity contribution >= 4 is 38.2 Å².